The second-order valence-electron chi connectivity index (χ2n) is 7.81. The summed E-state index contributed by atoms with van der Waals surface area (Å²) < 4.78 is 0.951. The fourth-order valence-electron chi connectivity index (χ4n) is 3.67. The van der Waals surface area contributed by atoms with E-state index in [1.807, 2.05) is 30.3 Å². The number of nitrogens with zero attached hydrogens (tertiary/aromatic N) is 2. The first-order valence-corrected chi connectivity index (χ1v) is 10.9. The molecule has 2 aromatic carbocycles. The van der Waals surface area contributed by atoms with E-state index in [-0.39, 0.29) is 17.8 Å². The Hall–Kier alpha value is -4.53. The van der Waals surface area contributed by atoms with E-state index in [0.29, 0.717) is 18.3 Å². The third-order valence-corrected chi connectivity index (χ3v) is 5.28. The number of aldehydes is 1. The predicted octanol–water partition coefficient (Wildman–Crippen LogP) is 2.61. The van der Waals surface area contributed by atoms with Gasteiger partial charge in [0.1, 0.15) is 18.0 Å². The van der Waals surface area contributed by atoms with Crippen LogP contribution in [-0.2, 0) is 25.6 Å². The van der Waals surface area contributed by atoms with Crippen molar-refractivity contribution >= 4 is 29.8 Å². The van der Waals surface area contributed by atoms with Gasteiger partial charge in [0.15, 0.2) is 0 Å². The van der Waals surface area contributed by atoms with Crippen molar-refractivity contribution in [1.29, 1.82) is 0 Å². The van der Waals surface area contributed by atoms with Crippen LogP contribution < -0.4 is 15.9 Å². The van der Waals surface area contributed by atoms with Gasteiger partial charge in [-0.15, -0.1) is 0 Å². The van der Waals surface area contributed by atoms with Crippen molar-refractivity contribution in [3.05, 3.63) is 88.7 Å². The molecule has 0 saturated heterocycles. The molecular formula is C26H25N3O6. The molecule has 1 unspecified atom stereocenters. The molecule has 0 spiro atoms. The van der Waals surface area contributed by atoms with Crippen molar-refractivity contribution in [1.82, 2.24) is 4.68 Å². The highest BCUT2D eigenvalue weighted by Gasteiger charge is 2.29. The Balaban J connectivity index is 2.03. The fourth-order valence-corrected chi connectivity index (χ4v) is 3.67. The number of rotatable bonds is 10. The summed E-state index contributed by atoms with van der Waals surface area (Å²) >= 11 is 0. The number of carbonyl (C=O) groups is 4. The van der Waals surface area contributed by atoms with Crippen molar-refractivity contribution in [3.8, 4) is 11.3 Å². The molecule has 9 nitrogen and oxygen atoms in total. The maximum absolute atomic E-state index is 13.5. The van der Waals surface area contributed by atoms with Crippen LogP contribution in [-0.4, -0.2) is 39.9 Å². The third kappa shape index (κ3) is 6.29. The van der Waals surface area contributed by atoms with E-state index < -0.39 is 35.8 Å². The van der Waals surface area contributed by atoms with Crippen LogP contribution in [0.5, 0.6) is 0 Å². The van der Waals surface area contributed by atoms with Gasteiger partial charge in [0.2, 0.25) is 11.8 Å². The van der Waals surface area contributed by atoms with Gasteiger partial charge in [-0.3, -0.25) is 19.2 Å². The number of carboxylic acid groups (broad SMARTS) is 1. The number of aryl methyl sites for hydroxylation is 1. The number of hydrogen-bond donors (Lipinski definition) is 2. The highest BCUT2D eigenvalue weighted by atomic mass is 16.4. The molecule has 1 heterocycles. The summed E-state index contributed by atoms with van der Waals surface area (Å²) in [5, 5.41) is 12.6. The summed E-state index contributed by atoms with van der Waals surface area (Å²) in [6.07, 6.45) is 0.198. The molecule has 3 rings (SSSR count). The smallest absolute Gasteiger partial charge is 0.305 e. The van der Waals surface area contributed by atoms with Crippen LogP contribution in [0, 0.1) is 0 Å². The fraction of sp³-hybridized carbons (Fsp3) is 0.192. The number of anilines is 1. The van der Waals surface area contributed by atoms with Crippen molar-refractivity contribution in [2.75, 3.05) is 10.3 Å². The van der Waals surface area contributed by atoms with E-state index >= 15 is 0 Å². The predicted molar refractivity (Wildman–Crippen MR) is 131 cm³/mol. The lowest BCUT2D eigenvalue weighted by molar-refractivity contribution is -0.138. The van der Waals surface area contributed by atoms with Gasteiger partial charge >= 0.3 is 5.97 Å². The molecule has 0 bridgehead atoms. The largest absolute Gasteiger partial charge is 0.481 e. The van der Waals surface area contributed by atoms with E-state index in [4.69, 9.17) is 0 Å². The number of benzene rings is 2. The zero-order valence-electron chi connectivity index (χ0n) is 19.1. The lowest BCUT2D eigenvalue weighted by atomic mass is 10.1. The Labute approximate surface area is 201 Å². The zero-order chi connectivity index (χ0) is 25.4. The molecule has 0 saturated carbocycles. The van der Waals surface area contributed by atoms with Crippen molar-refractivity contribution in [3.63, 3.8) is 0 Å². The molecule has 0 radical (unpaired) electrons. The van der Waals surface area contributed by atoms with E-state index in [0.717, 1.165) is 22.2 Å². The van der Waals surface area contributed by atoms with Crippen LogP contribution in [0.1, 0.15) is 25.3 Å². The Bertz CT molecular complexity index is 1270. The van der Waals surface area contributed by atoms with Gasteiger partial charge in [0.05, 0.1) is 12.1 Å². The molecule has 0 aliphatic heterocycles. The van der Waals surface area contributed by atoms with Crippen molar-refractivity contribution in [2.45, 2.75) is 32.2 Å². The number of aliphatic carboxylic acids is 1. The Kier molecular flexibility index (Phi) is 8.29. The van der Waals surface area contributed by atoms with Crippen LogP contribution in [0.3, 0.4) is 0 Å². The summed E-state index contributed by atoms with van der Waals surface area (Å²) in [7, 11) is 0. The third-order valence-electron chi connectivity index (χ3n) is 5.28. The molecular weight excluding hydrogens is 450 g/mol. The standard InChI is InChI=1S/C26H25N3O6/c1-18(31)28(21(17-30)16-25(33)34)29-23(20-10-6-3-7-11-20)14-13-22(26(29)35)27-24(32)15-12-19-8-4-2-5-9-19/h2-11,13-14,17,21H,12,15-16H2,1H3,(H,27,32)(H,33,34). The van der Waals surface area contributed by atoms with Crippen LogP contribution >= 0.6 is 0 Å². The van der Waals surface area contributed by atoms with Gasteiger partial charge < -0.3 is 15.2 Å². The Morgan fingerprint density at radius 1 is 1.00 bits per heavy atom. The minimum Gasteiger partial charge on any atom is -0.481 e. The van der Waals surface area contributed by atoms with Crippen molar-refractivity contribution in [2.24, 2.45) is 0 Å². The van der Waals surface area contributed by atoms with Crippen molar-refractivity contribution < 1.29 is 24.3 Å². The summed E-state index contributed by atoms with van der Waals surface area (Å²) in [4.78, 5) is 61.8. The molecule has 0 aliphatic rings. The molecule has 35 heavy (non-hydrogen) atoms. The first-order valence-electron chi connectivity index (χ1n) is 10.9. The minimum atomic E-state index is -1.44. The summed E-state index contributed by atoms with van der Waals surface area (Å²) in [5.74, 6) is -2.43. The SMILES string of the molecule is CC(=O)N(C(C=O)CC(=O)O)n1c(-c2ccccc2)ccc(NC(=O)CCc2ccccc2)c1=O. The number of pyridine rings is 1. The summed E-state index contributed by atoms with van der Waals surface area (Å²) in [5.41, 5.74) is 0.897. The number of aromatic nitrogens is 1. The summed E-state index contributed by atoms with van der Waals surface area (Å²) in [6.45, 7) is 1.13. The average molecular weight is 476 g/mol. The lowest BCUT2D eigenvalue weighted by Crippen LogP contribution is -2.54. The highest BCUT2D eigenvalue weighted by molar-refractivity contribution is 5.92. The van der Waals surface area contributed by atoms with Crippen LogP contribution in [0.2, 0.25) is 0 Å². The summed E-state index contributed by atoms with van der Waals surface area (Å²) in [6, 6.07) is 19.5. The van der Waals surface area contributed by atoms with Gasteiger partial charge in [0.25, 0.3) is 5.56 Å². The lowest BCUT2D eigenvalue weighted by Gasteiger charge is -2.30. The molecule has 1 atom stereocenters. The van der Waals surface area contributed by atoms with Gasteiger partial charge in [0, 0.05) is 18.9 Å². The second-order valence-corrected chi connectivity index (χ2v) is 7.81. The average Bonchev–Trinajstić information content (AvgIpc) is 2.85. The number of amides is 2. The molecule has 3 aromatic rings. The van der Waals surface area contributed by atoms with Gasteiger partial charge in [-0.2, -0.15) is 0 Å². The van der Waals surface area contributed by atoms with E-state index in [2.05, 4.69) is 5.32 Å². The monoisotopic (exact) mass is 475 g/mol. The first-order chi connectivity index (χ1) is 16.8. The van der Waals surface area contributed by atoms with E-state index in [9.17, 15) is 29.1 Å². The normalized spacial score (nSPS) is 11.3. The minimum absolute atomic E-state index is 0.103. The molecule has 2 N–H and O–H groups in total. The molecule has 180 valence electrons. The quantitative estimate of drug-likeness (QED) is 0.434. The van der Waals surface area contributed by atoms with Gasteiger partial charge in [-0.05, 0) is 24.1 Å². The molecule has 0 aliphatic carbocycles. The molecule has 1 aromatic heterocycles. The van der Waals surface area contributed by atoms with Crippen LogP contribution in [0.25, 0.3) is 11.3 Å². The number of carboxylic acids is 1. The Morgan fingerprint density at radius 2 is 1.63 bits per heavy atom. The maximum atomic E-state index is 13.5. The second kappa shape index (κ2) is 11.6. The van der Waals surface area contributed by atoms with E-state index in [1.54, 1.807) is 30.3 Å². The number of hydrogen-bond acceptors (Lipinski definition) is 5. The topological polar surface area (TPSA) is 126 Å². The van der Waals surface area contributed by atoms with Gasteiger partial charge in [-0.1, -0.05) is 60.7 Å². The van der Waals surface area contributed by atoms with Crippen LogP contribution in [0.15, 0.2) is 77.6 Å². The number of nitrogens with one attached hydrogen (secondary N) is 1. The molecule has 0 fully saturated rings. The van der Waals surface area contributed by atoms with Gasteiger partial charge in [-0.25, -0.2) is 9.69 Å². The van der Waals surface area contributed by atoms with E-state index in [1.165, 1.54) is 12.1 Å². The molecule has 9 heteroatoms. The number of carbonyl (C=O) groups excluding carboxylic acids is 3. The maximum Gasteiger partial charge on any atom is 0.305 e. The molecule has 2 amide bonds. The first kappa shape index (κ1) is 25.1. The van der Waals surface area contributed by atoms with Crippen LogP contribution in [0.4, 0.5) is 5.69 Å². The Morgan fingerprint density at radius 3 is 2.20 bits per heavy atom. The zero-order valence-corrected chi connectivity index (χ0v) is 19.1. The highest BCUT2D eigenvalue weighted by Crippen LogP contribution is 2.21.